The summed E-state index contributed by atoms with van der Waals surface area (Å²) in [6.07, 6.45) is 4.65. The van der Waals surface area contributed by atoms with Gasteiger partial charge < -0.3 is 0 Å². The number of hydrogen-bond acceptors (Lipinski definition) is 2. The lowest BCUT2D eigenvalue weighted by atomic mass is 9.79. The number of benzene rings is 6. The molecule has 0 saturated carbocycles. The highest BCUT2D eigenvalue weighted by molar-refractivity contribution is 7.97. The van der Waals surface area contributed by atoms with Crippen LogP contribution in [0.15, 0.2) is 114 Å². The second-order valence-corrected chi connectivity index (χ2v) is 15.6. The van der Waals surface area contributed by atoms with Gasteiger partial charge in [-0.15, -0.1) is 0 Å². The molecule has 7 rings (SSSR count). The molecule has 0 amide bonds. The van der Waals surface area contributed by atoms with Crippen molar-refractivity contribution in [3.05, 3.63) is 131 Å². The molecule has 0 spiro atoms. The first-order valence-corrected chi connectivity index (χ1v) is 17.5. The zero-order valence-corrected chi connectivity index (χ0v) is 28.8. The fourth-order valence-corrected chi connectivity index (χ4v) is 7.32. The molecule has 2 heteroatoms. The fourth-order valence-electron chi connectivity index (χ4n) is 6.61. The minimum atomic E-state index is 0.0797. The maximum Gasteiger partial charge on any atom is 0.0866 e. The summed E-state index contributed by atoms with van der Waals surface area (Å²) in [7, 11) is 0. The zero-order valence-electron chi connectivity index (χ0n) is 27.9. The topological polar surface area (TPSA) is 12.4 Å². The standard InChI is InChI=1S/C44H43NS/c1-43(2,3)35-25-34(26-36(28-35)44(4,5)6)32-16-12-14-30(24-32)29-13-11-15-31(23-29)33-20-21-38-37-17-7-8-18-39(37)42-40(41(38)27-33)19-9-10-22-46-45-42/h7-8,11-21,23-28H,9-10,22H2,1-6H3. The van der Waals surface area contributed by atoms with Gasteiger partial charge in [-0.2, -0.15) is 0 Å². The van der Waals surface area contributed by atoms with Crippen LogP contribution in [0.3, 0.4) is 0 Å². The molecule has 1 aliphatic heterocycles. The highest BCUT2D eigenvalue weighted by Gasteiger charge is 2.21. The molecule has 0 unspecified atom stereocenters. The van der Waals surface area contributed by atoms with Crippen LogP contribution in [-0.4, -0.2) is 5.75 Å². The van der Waals surface area contributed by atoms with E-state index in [2.05, 4.69) is 157 Å². The predicted octanol–water partition coefficient (Wildman–Crippen LogP) is 11.4. The van der Waals surface area contributed by atoms with Gasteiger partial charge in [-0.1, -0.05) is 139 Å². The number of hydrogen-bond donors (Lipinski definition) is 0. The van der Waals surface area contributed by atoms with Crippen LogP contribution in [0, 0.1) is 0 Å². The van der Waals surface area contributed by atoms with Crippen molar-refractivity contribution in [2.45, 2.75) is 65.2 Å². The van der Waals surface area contributed by atoms with E-state index in [1.165, 1.54) is 71.3 Å². The van der Waals surface area contributed by atoms with E-state index in [0.717, 1.165) is 24.0 Å². The second kappa shape index (κ2) is 11.9. The van der Waals surface area contributed by atoms with E-state index in [0.29, 0.717) is 0 Å². The van der Waals surface area contributed by atoms with Crippen molar-refractivity contribution in [3.63, 3.8) is 0 Å². The van der Waals surface area contributed by atoms with Gasteiger partial charge in [0, 0.05) is 16.4 Å². The first-order chi connectivity index (χ1) is 22.1. The summed E-state index contributed by atoms with van der Waals surface area (Å²) >= 11 is 1.70. The van der Waals surface area contributed by atoms with Gasteiger partial charge in [-0.3, -0.25) is 0 Å². The molecular weight excluding hydrogens is 575 g/mol. The van der Waals surface area contributed by atoms with Gasteiger partial charge in [-0.25, -0.2) is 4.40 Å². The van der Waals surface area contributed by atoms with Gasteiger partial charge in [-0.05, 0) is 114 Å². The first-order valence-electron chi connectivity index (χ1n) is 16.6. The van der Waals surface area contributed by atoms with E-state index in [1.807, 2.05) is 0 Å². The number of fused-ring (bicyclic) bond motifs is 6. The van der Waals surface area contributed by atoms with E-state index in [-0.39, 0.29) is 10.8 Å². The monoisotopic (exact) mass is 617 g/mol. The quantitative estimate of drug-likeness (QED) is 0.142. The zero-order chi connectivity index (χ0) is 32.1. The Morgan fingerprint density at radius 1 is 0.500 bits per heavy atom. The maximum absolute atomic E-state index is 5.04. The highest BCUT2D eigenvalue weighted by Crippen LogP contribution is 2.36. The summed E-state index contributed by atoms with van der Waals surface area (Å²) in [4.78, 5) is 0. The number of nitrogens with zero attached hydrogens (tertiary/aromatic N) is 1. The third-order valence-corrected chi connectivity index (χ3v) is 10.2. The van der Waals surface area contributed by atoms with E-state index in [9.17, 15) is 0 Å². The second-order valence-electron chi connectivity index (χ2n) is 14.8. The predicted molar refractivity (Wildman–Crippen MR) is 202 cm³/mol. The normalized spacial score (nSPS) is 13.9. The Labute approximate surface area is 278 Å². The Morgan fingerprint density at radius 3 is 1.65 bits per heavy atom. The summed E-state index contributed by atoms with van der Waals surface area (Å²) in [5.74, 6) is 1.07. The van der Waals surface area contributed by atoms with Crippen molar-refractivity contribution in [2.75, 3.05) is 5.75 Å². The lowest BCUT2D eigenvalue weighted by Crippen LogP contribution is -2.27. The first kappa shape index (κ1) is 30.5. The van der Waals surface area contributed by atoms with Gasteiger partial charge in [0.2, 0.25) is 0 Å². The van der Waals surface area contributed by atoms with Crippen LogP contribution in [0.1, 0.15) is 65.5 Å². The molecule has 1 aliphatic rings. The lowest BCUT2D eigenvalue weighted by Gasteiger charge is -2.26. The van der Waals surface area contributed by atoms with E-state index >= 15 is 0 Å². The average molecular weight is 618 g/mol. The van der Waals surface area contributed by atoms with Gasteiger partial charge in [0.05, 0.1) is 5.36 Å². The molecule has 6 aromatic carbocycles. The van der Waals surface area contributed by atoms with Crippen molar-refractivity contribution in [1.29, 1.82) is 0 Å². The van der Waals surface area contributed by atoms with Crippen molar-refractivity contribution in [3.8, 4) is 33.4 Å². The molecule has 0 aliphatic carbocycles. The van der Waals surface area contributed by atoms with Crippen LogP contribution in [-0.2, 0) is 10.8 Å². The molecule has 0 saturated heterocycles. The molecule has 0 aromatic heterocycles. The average Bonchev–Trinajstić information content (AvgIpc) is 3.04. The molecule has 0 fully saturated rings. The molecular formula is C44H43NS. The Kier molecular flexibility index (Phi) is 7.89. The van der Waals surface area contributed by atoms with Crippen LogP contribution in [0.5, 0.6) is 0 Å². The molecule has 0 atom stereocenters. The SMILES string of the molecule is CC(C)(C)c1cc(-c2cccc(-c3cccc(-c4ccc5c(c4)c4c(c6ccccc65)=NSCCCC=4)c3)c2)cc(C(C)(C)C)c1. The lowest BCUT2D eigenvalue weighted by molar-refractivity contribution is 0.569. The van der Waals surface area contributed by atoms with Crippen LogP contribution >= 0.6 is 11.9 Å². The third-order valence-electron chi connectivity index (χ3n) is 9.37. The molecule has 230 valence electrons. The molecule has 0 radical (unpaired) electrons. The summed E-state index contributed by atoms with van der Waals surface area (Å²) in [6.45, 7) is 13.8. The van der Waals surface area contributed by atoms with Crippen LogP contribution in [0.4, 0.5) is 0 Å². The largest absolute Gasteiger partial charge is 0.215 e. The number of rotatable bonds is 3. The Hall–Kier alpha value is -4.14. The van der Waals surface area contributed by atoms with Gasteiger partial charge in [0.1, 0.15) is 0 Å². The highest BCUT2D eigenvalue weighted by atomic mass is 32.2. The Balaban J connectivity index is 1.34. The van der Waals surface area contributed by atoms with Crippen LogP contribution in [0.2, 0.25) is 0 Å². The molecule has 6 aromatic rings. The molecule has 0 N–H and O–H groups in total. The molecule has 1 nitrogen and oxygen atoms in total. The summed E-state index contributed by atoms with van der Waals surface area (Å²) < 4.78 is 5.04. The van der Waals surface area contributed by atoms with E-state index in [4.69, 9.17) is 4.40 Å². The van der Waals surface area contributed by atoms with Crippen molar-refractivity contribution < 1.29 is 0 Å². The summed E-state index contributed by atoms with van der Waals surface area (Å²) in [6, 6.07) is 41.0. The van der Waals surface area contributed by atoms with Gasteiger partial charge in [0.15, 0.2) is 0 Å². The van der Waals surface area contributed by atoms with E-state index < -0.39 is 0 Å². The summed E-state index contributed by atoms with van der Waals surface area (Å²) in [5.41, 5.74) is 10.4. The molecule has 1 heterocycles. The van der Waals surface area contributed by atoms with Crippen LogP contribution in [0.25, 0.3) is 61.0 Å². The van der Waals surface area contributed by atoms with E-state index in [1.54, 1.807) is 11.9 Å². The maximum atomic E-state index is 5.04. The van der Waals surface area contributed by atoms with Gasteiger partial charge in [0.25, 0.3) is 0 Å². The summed E-state index contributed by atoms with van der Waals surface area (Å²) in [5, 5.41) is 7.51. The Morgan fingerprint density at radius 2 is 1.04 bits per heavy atom. The molecule has 46 heavy (non-hydrogen) atoms. The minimum absolute atomic E-state index is 0.0797. The van der Waals surface area contributed by atoms with Crippen molar-refractivity contribution >= 4 is 39.6 Å². The van der Waals surface area contributed by atoms with Crippen molar-refractivity contribution in [1.82, 2.24) is 0 Å². The minimum Gasteiger partial charge on any atom is -0.215 e. The third kappa shape index (κ3) is 5.92. The van der Waals surface area contributed by atoms with Crippen molar-refractivity contribution in [2.24, 2.45) is 4.40 Å². The van der Waals surface area contributed by atoms with Gasteiger partial charge >= 0.3 is 0 Å². The molecule has 0 bridgehead atoms. The Bertz CT molecular complexity index is 2190. The van der Waals surface area contributed by atoms with Crippen LogP contribution < -0.4 is 10.6 Å². The fraction of sp³-hybridized carbons (Fsp3) is 0.250. The smallest absolute Gasteiger partial charge is 0.0866 e.